The minimum Gasteiger partial charge on any atom is -0.465 e. The number of piperidine rings is 1. The standard InChI is InChI=1S/C22H38N4O3/c1-18-7-8-21(29-18)20(25-11-4-5-12-25)17-24-22(23-2)26-13-9-19(10-14-26)28-16-6-15-27-3/h7-8,19-20H,4-6,9-17H2,1-3H3,(H,23,24). The van der Waals surface area contributed by atoms with E-state index in [1.807, 2.05) is 14.0 Å². The van der Waals surface area contributed by atoms with E-state index in [2.05, 4.69) is 32.2 Å². The van der Waals surface area contributed by atoms with Crippen molar-refractivity contribution >= 4 is 5.96 Å². The van der Waals surface area contributed by atoms with Crippen LogP contribution in [0.15, 0.2) is 21.5 Å². The minimum atomic E-state index is 0.254. The van der Waals surface area contributed by atoms with Crippen molar-refractivity contribution in [3.05, 3.63) is 23.7 Å². The van der Waals surface area contributed by atoms with Gasteiger partial charge >= 0.3 is 0 Å². The number of guanidine groups is 1. The van der Waals surface area contributed by atoms with Gasteiger partial charge in [0.25, 0.3) is 0 Å². The number of hydrogen-bond donors (Lipinski definition) is 1. The molecule has 1 atom stereocenters. The van der Waals surface area contributed by atoms with Crippen LogP contribution in [0.25, 0.3) is 0 Å². The second-order valence-electron chi connectivity index (χ2n) is 8.04. The number of likely N-dealkylation sites (tertiary alicyclic amines) is 2. The van der Waals surface area contributed by atoms with E-state index in [1.165, 1.54) is 12.8 Å². The number of furan rings is 1. The van der Waals surface area contributed by atoms with Crippen LogP contribution < -0.4 is 5.32 Å². The topological polar surface area (TPSA) is 62.5 Å². The molecule has 2 aliphatic rings. The minimum absolute atomic E-state index is 0.254. The summed E-state index contributed by atoms with van der Waals surface area (Å²) in [4.78, 5) is 9.42. The smallest absolute Gasteiger partial charge is 0.193 e. The molecule has 0 bridgehead atoms. The van der Waals surface area contributed by atoms with Gasteiger partial charge in [-0.05, 0) is 64.3 Å². The van der Waals surface area contributed by atoms with Crippen LogP contribution in [0.4, 0.5) is 0 Å². The van der Waals surface area contributed by atoms with Gasteiger partial charge in [-0.15, -0.1) is 0 Å². The Balaban J connectivity index is 1.49. The molecule has 29 heavy (non-hydrogen) atoms. The quantitative estimate of drug-likeness (QED) is 0.387. The molecule has 0 amide bonds. The highest BCUT2D eigenvalue weighted by Crippen LogP contribution is 2.26. The van der Waals surface area contributed by atoms with Crippen LogP contribution in [0.3, 0.4) is 0 Å². The van der Waals surface area contributed by atoms with E-state index in [0.717, 1.165) is 82.7 Å². The van der Waals surface area contributed by atoms with Gasteiger partial charge in [0, 0.05) is 47.0 Å². The molecule has 3 heterocycles. The van der Waals surface area contributed by atoms with E-state index in [4.69, 9.17) is 13.9 Å². The molecule has 2 fully saturated rings. The van der Waals surface area contributed by atoms with Gasteiger partial charge in [-0.3, -0.25) is 9.89 Å². The average Bonchev–Trinajstić information content (AvgIpc) is 3.42. The van der Waals surface area contributed by atoms with Crippen molar-refractivity contribution < 1.29 is 13.9 Å². The van der Waals surface area contributed by atoms with Crippen molar-refractivity contribution in [1.29, 1.82) is 0 Å². The molecular weight excluding hydrogens is 368 g/mol. The molecule has 0 spiro atoms. The van der Waals surface area contributed by atoms with Crippen molar-refractivity contribution in [2.75, 3.05) is 60.1 Å². The van der Waals surface area contributed by atoms with Crippen LogP contribution in [0.2, 0.25) is 0 Å². The number of aliphatic imine (C=N–C) groups is 1. The van der Waals surface area contributed by atoms with Crippen LogP contribution in [0.5, 0.6) is 0 Å². The van der Waals surface area contributed by atoms with E-state index in [1.54, 1.807) is 7.11 Å². The van der Waals surface area contributed by atoms with Gasteiger partial charge in [0.2, 0.25) is 0 Å². The number of hydrogen-bond acceptors (Lipinski definition) is 5. The first kappa shape index (κ1) is 22.1. The third-order valence-electron chi connectivity index (χ3n) is 5.92. The molecular formula is C22H38N4O3. The van der Waals surface area contributed by atoms with E-state index in [9.17, 15) is 0 Å². The summed E-state index contributed by atoms with van der Waals surface area (Å²) in [5.41, 5.74) is 0. The molecule has 1 aromatic rings. The molecule has 0 saturated carbocycles. The molecule has 7 heteroatoms. The molecule has 7 nitrogen and oxygen atoms in total. The zero-order valence-corrected chi connectivity index (χ0v) is 18.4. The van der Waals surface area contributed by atoms with Gasteiger partial charge in [-0.1, -0.05) is 0 Å². The van der Waals surface area contributed by atoms with Crippen LogP contribution in [-0.2, 0) is 9.47 Å². The van der Waals surface area contributed by atoms with Crippen molar-refractivity contribution in [3.8, 4) is 0 Å². The first-order valence-electron chi connectivity index (χ1n) is 11.1. The summed E-state index contributed by atoms with van der Waals surface area (Å²) in [7, 11) is 3.61. The van der Waals surface area contributed by atoms with Crippen molar-refractivity contribution in [1.82, 2.24) is 15.1 Å². The fourth-order valence-electron chi connectivity index (χ4n) is 4.30. The Hall–Kier alpha value is -1.57. The van der Waals surface area contributed by atoms with Crippen LogP contribution in [-0.4, -0.2) is 82.0 Å². The predicted octanol–water partition coefficient (Wildman–Crippen LogP) is 2.82. The highest BCUT2D eigenvalue weighted by molar-refractivity contribution is 5.80. The number of methoxy groups -OCH3 is 1. The molecule has 1 N–H and O–H groups in total. The SMILES string of the molecule is CN=C(NCC(c1ccc(C)o1)N1CCCC1)N1CCC(OCCCOC)CC1. The summed E-state index contributed by atoms with van der Waals surface area (Å²) >= 11 is 0. The second-order valence-corrected chi connectivity index (χ2v) is 8.04. The normalized spacial score (nSPS) is 20.4. The lowest BCUT2D eigenvalue weighted by molar-refractivity contribution is 0.00985. The fourth-order valence-corrected chi connectivity index (χ4v) is 4.30. The number of nitrogens with zero attached hydrogens (tertiary/aromatic N) is 3. The van der Waals surface area contributed by atoms with Crippen LogP contribution in [0.1, 0.15) is 49.7 Å². The van der Waals surface area contributed by atoms with Crippen LogP contribution >= 0.6 is 0 Å². The van der Waals surface area contributed by atoms with Gasteiger partial charge in [0.05, 0.1) is 12.1 Å². The Morgan fingerprint density at radius 3 is 2.59 bits per heavy atom. The fraction of sp³-hybridized carbons (Fsp3) is 0.773. The Labute approximate surface area is 175 Å². The number of nitrogens with one attached hydrogen (secondary N) is 1. The largest absolute Gasteiger partial charge is 0.465 e. The summed E-state index contributed by atoms with van der Waals surface area (Å²) < 4.78 is 17.1. The molecule has 0 aliphatic carbocycles. The molecule has 3 rings (SSSR count). The summed E-state index contributed by atoms with van der Waals surface area (Å²) in [6.45, 7) is 8.60. The lowest BCUT2D eigenvalue weighted by Crippen LogP contribution is -2.49. The molecule has 2 aliphatic heterocycles. The number of aryl methyl sites for hydroxylation is 1. The molecule has 0 radical (unpaired) electrons. The third-order valence-corrected chi connectivity index (χ3v) is 5.92. The maximum atomic E-state index is 5.99. The van der Waals surface area contributed by atoms with Crippen molar-refractivity contribution in [2.45, 2.75) is 51.2 Å². The van der Waals surface area contributed by atoms with E-state index in [0.29, 0.717) is 6.10 Å². The van der Waals surface area contributed by atoms with E-state index in [-0.39, 0.29) is 6.04 Å². The van der Waals surface area contributed by atoms with E-state index >= 15 is 0 Å². The Morgan fingerprint density at radius 1 is 1.21 bits per heavy atom. The van der Waals surface area contributed by atoms with Gasteiger partial charge < -0.3 is 24.1 Å². The predicted molar refractivity (Wildman–Crippen MR) is 115 cm³/mol. The monoisotopic (exact) mass is 406 g/mol. The molecule has 2 saturated heterocycles. The van der Waals surface area contributed by atoms with Gasteiger partial charge in [0.1, 0.15) is 11.5 Å². The van der Waals surface area contributed by atoms with Crippen molar-refractivity contribution in [3.63, 3.8) is 0 Å². The summed E-state index contributed by atoms with van der Waals surface area (Å²) in [6, 6.07) is 4.43. The summed E-state index contributed by atoms with van der Waals surface area (Å²) in [5, 5.41) is 3.62. The zero-order chi connectivity index (χ0) is 20.5. The Bertz CT molecular complexity index is 619. The number of rotatable bonds is 9. The third kappa shape index (κ3) is 6.46. The highest BCUT2D eigenvalue weighted by Gasteiger charge is 2.27. The molecule has 0 aromatic carbocycles. The first-order chi connectivity index (χ1) is 14.2. The highest BCUT2D eigenvalue weighted by atomic mass is 16.5. The second kappa shape index (κ2) is 11.6. The van der Waals surface area contributed by atoms with Gasteiger partial charge in [-0.25, -0.2) is 0 Å². The summed E-state index contributed by atoms with van der Waals surface area (Å²) in [6.07, 6.45) is 5.93. The van der Waals surface area contributed by atoms with E-state index < -0.39 is 0 Å². The Kier molecular flexibility index (Phi) is 8.83. The lowest BCUT2D eigenvalue weighted by Gasteiger charge is -2.35. The zero-order valence-electron chi connectivity index (χ0n) is 18.4. The molecule has 164 valence electrons. The first-order valence-corrected chi connectivity index (χ1v) is 11.1. The molecule has 1 unspecified atom stereocenters. The summed E-state index contributed by atoms with van der Waals surface area (Å²) in [5.74, 6) is 3.01. The lowest BCUT2D eigenvalue weighted by atomic mass is 10.1. The van der Waals surface area contributed by atoms with Gasteiger partial charge in [0.15, 0.2) is 5.96 Å². The van der Waals surface area contributed by atoms with Gasteiger partial charge in [-0.2, -0.15) is 0 Å². The Morgan fingerprint density at radius 2 is 1.97 bits per heavy atom. The number of ether oxygens (including phenoxy) is 2. The van der Waals surface area contributed by atoms with Crippen molar-refractivity contribution in [2.24, 2.45) is 4.99 Å². The average molecular weight is 407 g/mol. The maximum Gasteiger partial charge on any atom is 0.193 e. The van der Waals surface area contributed by atoms with Crippen LogP contribution in [0, 0.1) is 6.92 Å². The maximum absolute atomic E-state index is 5.99. The molecule has 1 aromatic heterocycles.